The van der Waals surface area contributed by atoms with Crippen molar-refractivity contribution in [3.05, 3.63) is 54.4 Å². The monoisotopic (exact) mass is 266 g/mol. The molecule has 2 heteroatoms. The Labute approximate surface area is 121 Å². The summed E-state index contributed by atoms with van der Waals surface area (Å²) < 4.78 is 0. The molecule has 2 aromatic rings. The molecule has 0 radical (unpaired) electrons. The van der Waals surface area contributed by atoms with E-state index < -0.39 is 0 Å². The minimum absolute atomic E-state index is 0.716. The van der Waals surface area contributed by atoms with Crippen LogP contribution < -0.4 is 0 Å². The third-order valence-corrected chi connectivity index (χ3v) is 4.34. The summed E-state index contributed by atoms with van der Waals surface area (Å²) in [6.07, 6.45) is 8.97. The minimum Gasteiger partial charge on any atom is -0.303 e. The van der Waals surface area contributed by atoms with E-state index in [0.717, 1.165) is 0 Å². The van der Waals surface area contributed by atoms with Crippen LogP contribution in [0.15, 0.2) is 48.8 Å². The summed E-state index contributed by atoms with van der Waals surface area (Å²) >= 11 is 0. The van der Waals surface area contributed by atoms with Crippen molar-refractivity contribution in [2.75, 3.05) is 13.6 Å². The number of hydrogen-bond acceptors (Lipinski definition) is 2. The number of likely N-dealkylation sites (tertiary alicyclic amines) is 1. The van der Waals surface area contributed by atoms with Gasteiger partial charge >= 0.3 is 0 Å². The minimum atomic E-state index is 0.716. The Balaban J connectivity index is 1.70. The van der Waals surface area contributed by atoms with Crippen LogP contribution in [-0.2, 0) is 6.42 Å². The Bertz CT molecular complexity index is 533. The molecule has 2 nitrogen and oxygen atoms in total. The molecule has 1 aromatic carbocycles. The van der Waals surface area contributed by atoms with E-state index in [0.29, 0.717) is 6.04 Å². The van der Waals surface area contributed by atoms with Crippen molar-refractivity contribution in [1.29, 1.82) is 0 Å². The molecule has 0 amide bonds. The van der Waals surface area contributed by atoms with Gasteiger partial charge < -0.3 is 4.90 Å². The quantitative estimate of drug-likeness (QED) is 0.840. The largest absolute Gasteiger partial charge is 0.303 e. The second-order valence-electron chi connectivity index (χ2n) is 5.77. The highest BCUT2D eigenvalue weighted by Gasteiger charge is 2.18. The van der Waals surface area contributed by atoms with E-state index in [-0.39, 0.29) is 0 Å². The molecule has 1 saturated heterocycles. The van der Waals surface area contributed by atoms with E-state index in [1.54, 1.807) is 0 Å². The topological polar surface area (TPSA) is 16.1 Å². The first-order chi connectivity index (χ1) is 9.83. The third-order valence-electron chi connectivity index (χ3n) is 4.34. The van der Waals surface area contributed by atoms with Gasteiger partial charge in [-0.3, -0.25) is 4.98 Å². The molecular formula is C18H22N2. The van der Waals surface area contributed by atoms with E-state index in [1.807, 2.05) is 18.5 Å². The number of aromatic nitrogens is 1. The van der Waals surface area contributed by atoms with E-state index >= 15 is 0 Å². The summed E-state index contributed by atoms with van der Waals surface area (Å²) in [6.45, 7) is 1.25. The van der Waals surface area contributed by atoms with Crippen molar-refractivity contribution in [2.45, 2.75) is 31.7 Å². The number of hydrogen-bond donors (Lipinski definition) is 0. The van der Waals surface area contributed by atoms with Gasteiger partial charge in [-0.25, -0.2) is 0 Å². The molecule has 0 saturated carbocycles. The SMILES string of the molecule is CN1CCCC[C@H]1Cc1ccc(-c2cccnc2)cc1. The normalized spacial score (nSPS) is 19.9. The van der Waals surface area contributed by atoms with Gasteiger partial charge in [0, 0.05) is 18.4 Å². The lowest BCUT2D eigenvalue weighted by Gasteiger charge is -2.32. The van der Waals surface area contributed by atoms with Crippen LogP contribution in [0.5, 0.6) is 0 Å². The lowest BCUT2D eigenvalue weighted by molar-refractivity contribution is 0.184. The van der Waals surface area contributed by atoms with Gasteiger partial charge in [0.2, 0.25) is 0 Å². The van der Waals surface area contributed by atoms with Crippen LogP contribution in [0.2, 0.25) is 0 Å². The summed E-state index contributed by atoms with van der Waals surface area (Å²) in [5.74, 6) is 0. The van der Waals surface area contributed by atoms with Gasteiger partial charge in [0.15, 0.2) is 0 Å². The van der Waals surface area contributed by atoms with Gasteiger partial charge in [-0.2, -0.15) is 0 Å². The summed E-state index contributed by atoms with van der Waals surface area (Å²) in [7, 11) is 2.26. The van der Waals surface area contributed by atoms with E-state index in [1.165, 1.54) is 48.9 Å². The van der Waals surface area contributed by atoms with Crippen LogP contribution in [0.4, 0.5) is 0 Å². The Morgan fingerprint density at radius 3 is 2.65 bits per heavy atom. The van der Waals surface area contributed by atoms with Crippen molar-refractivity contribution >= 4 is 0 Å². The van der Waals surface area contributed by atoms with Crippen molar-refractivity contribution in [3.63, 3.8) is 0 Å². The number of benzene rings is 1. The van der Waals surface area contributed by atoms with E-state index in [4.69, 9.17) is 0 Å². The summed E-state index contributed by atoms with van der Waals surface area (Å²) in [5.41, 5.74) is 3.88. The summed E-state index contributed by atoms with van der Waals surface area (Å²) in [5, 5.41) is 0. The zero-order valence-electron chi connectivity index (χ0n) is 12.1. The molecule has 0 N–H and O–H groups in total. The molecule has 1 aliphatic heterocycles. The zero-order chi connectivity index (χ0) is 13.8. The maximum absolute atomic E-state index is 4.18. The number of pyridine rings is 1. The average Bonchev–Trinajstić information content (AvgIpc) is 2.51. The van der Waals surface area contributed by atoms with Gasteiger partial charge in [-0.1, -0.05) is 36.8 Å². The highest BCUT2D eigenvalue weighted by atomic mass is 15.1. The van der Waals surface area contributed by atoms with Crippen LogP contribution in [0.25, 0.3) is 11.1 Å². The van der Waals surface area contributed by atoms with Crippen LogP contribution in [0.3, 0.4) is 0 Å². The number of rotatable bonds is 3. The van der Waals surface area contributed by atoms with Crippen LogP contribution >= 0.6 is 0 Å². The molecule has 20 heavy (non-hydrogen) atoms. The van der Waals surface area contributed by atoms with Crippen LogP contribution in [0, 0.1) is 0 Å². The first-order valence-corrected chi connectivity index (χ1v) is 7.52. The smallest absolute Gasteiger partial charge is 0.0346 e. The molecule has 1 aliphatic rings. The Morgan fingerprint density at radius 1 is 1.10 bits per heavy atom. The lowest BCUT2D eigenvalue weighted by atomic mass is 9.95. The molecule has 0 aliphatic carbocycles. The highest BCUT2D eigenvalue weighted by molar-refractivity contribution is 5.62. The number of nitrogens with zero attached hydrogens (tertiary/aromatic N) is 2. The second-order valence-corrected chi connectivity index (χ2v) is 5.77. The molecule has 1 aromatic heterocycles. The highest BCUT2D eigenvalue weighted by Crippen LogP contribution is 2.22. The van der Waals surface area contributed by atoms with Crippen LogP contribution in [-0.4, -0.2) is 29.5 Å². The van der Waals surface area contributed by atoms with Crippen LogP contribution in [0.1, 0.15) is 24.8 Å². The Hall–Kier alpha value is -1.67. The van der Waals surface area contributed by atoms with Gasteiger partial charge in [-0.15, -0.1) is 0 Å². The predicted molar refractivity (Wildman–Crippen MR) is 83.6 cm³/mol. The first-order valence-electron chi connectivity index (χ1n) is 7.52. The Kier molecular flexibility index (Phi) is 4.12. The molecule has 3 rings (SSSR count). The lowest BCUT2D eigenvalue weighted by Crippen LogP contribution is -2.37. The predicted octanol–water partition coefficient (Wildman–Crippen LogP) is 3.78. The Morgan fingerprint density at radius 2 is 1.95 bits per heavy atom. The fraction of sp³-hybridized carbons (Fsp3) is 0.389. The first kappa shape index (κ1) is 13.3. The summed E-state index contributed by atoms with van der Waals surface area (Å²) in [4.78, 5) is 6.69. The zero-order valence-corrected chi connectivity index (χ0v) is 12.1. The molecule has 1 atom stereocenters. The number of likely N-dealkylation sites (N-methyl/N-ethyl adjacent to an activating group) is 1. The maximum Gasteiger partial charge on any atom is 0.0346 e. The van der Waals surface area contributed by atoms with Gasteiger partial charge in [0.05, 0.1) is 0 Å². The van der Waals surface area contributed by atoms with Crippen molar-refractivity contribution in [1.82, 2.24) is 9.88 Å². The van der Waals surface area contributed by atoms with Crippen molar-refractivity contribution < 1.29 is 0 Å². The van der Waals surface area contributed by atoms with E-state index in [2.05, 4.69) is 47.3 Å². The van der Waals surface area contributed by atoms with Crippen molar-refractivity contribution in [3.8, 4) is 11.1 Å². The number of piperidine rings is 1. The summed E-state index contributed by atoms with van der Waals surface area (Å²) in [6, 6.07) is 13.8. The molecule has 0 bridgehead atoms. The molecule has 1 fully saturated rings. The van der Waals surface area contributed by atoms with E-state index in [9.17, 15) is 0 Å². The molecule has 2 heterocycles. The maximum atomic E-state index is 4.18. The fourth-order valence-electron chi connectivity index (χ4n) is 3.04. The molecular weight excluding hydrogens is 244 g/mol. The molecule has 0 unspecified atom stereocenters. The molecule has 0 spiro atoms. The molecule has 104 valence electrons. The fourth-order valence-corrected chi connectivity index (χ4v) is 3.04. The average molecular weight is 266 g/mol. The van der Waals surface area contributed by atoms with Gasteiger partial charge in [-0.05, 0) is 55.6 Å². The van der Waals surface area contributed by atoms with Crippen molar-refractivity contribution in [2.24, 2.45) is 0 Å². The standard InChI is InChI=1S/C18H22N2/c1-20-12-3-2-6-18(20)13-15-7-9-16(10-8-15)17-5-4-11-19-14-17/h4-5,7-11,14,18H,2-3,6,12-13H2,1H3/t18-/m0/s1. The van der Waals surface area contributed by atoms with Gasteiger partial charge in [0.25, 0.3) is 0 Å². The van der Waals surface area contributed by atoms with Gasteiger partial charge in [0.1, 0.15) is 0 Å². The third kappa shape index (κ3) is 3.07. The second kappa shape index (κ2) is 6.19.